The monoisotopic (exact) mass is 363 g/mol. The Labute approximate surface area is 147 Å². The highest BCUT2D eigenvalue weighted by atomic mass is 32.2. The van der Waals surface area contributed by atoms with Gasteiger partial charge in [0.2, 0.25) is 10.0 Å². The van der Waals surface area contributed by atoms with Crippen LogP contribution < -0.4 is 9.46 Å². The van der Waals surface area contributed by atoms with Crippen LogP contribution in [0.15, 0.2) is 53.4 Å². The van der Waals surface area contributed by atoms with Gasteiger partial charge in [0.15, 0.2) is 5.78 Å². The number of hydrogen-bond donors (Lipinski definition) is 1. The number of carbonyl (C=O) groups excluding carboxylic acids is 1. The van der Waals surface area contributed by atoms with Gasteiger partial charge in [-0.2, -0.15) is 0 Å². The number of carbonyl (C=O) groups is 1. The molecule has 1 atom stereocenters. The maximum atomic E-state index is 12.4. The van der Waals surface area contributed by atoms with E-state index < -0.39 is 16.1 Å². The van der Waals surface area contributed by atoms with Gasteiger partial charge < -0.3 is 9.47 Å². The summed E-state index contributed by atoms with van der Waals surface area (Å²) in [5, 5.41) is 0. The Hall–Kier alpha value is -2.22. The molecule has 0 spiro atoms. The van der Waals surface area contributed by atoms with E-state index in [1.165, 1.54) is 38.3 Å². The van der Waals surface area contributed by atoms with Crippen molar-refractivity contribution in [2.75, 3.05) is 20.8 Å². The minimum absolute atomic E-state index is 0.0699. The van der Waals surface area contributed by atoms with Gasteiger partial charge in [0.1, 0.15) is 5.75 Å². The highest BCUT2D eigenvalue weighted by Gasteiger charge is 2.18. The van der Waals surface area contributed by atoms with Crippen LogP contribution in [-0.2, 0) is 14.8 Å². The Morgan fingerprint density at radius 3 is 2.36 bits per heavy atom. The van der Waals surface area contributed by atoms with E-state index in [-0.39, 0.29) is 17.2 Å². The van der Waals surface area contributed by atoms with Crippen molar-refractivity contribution in [2.45, 2.75) is 17.9 Å². The number of rotatable bonds is 8. The first-order valence-corrected chi connectivity index (χ1v) is 9.13. The van der Waals surface area contributed by atoms with E-state index in [1.54, 1.807) is 19.2 Å². The SMILES string of the molecule is COc1cccc(C(CNS(=O)(=O)c2ccc(C(C)=O)cc2)OC)c1. The lowest BCUT2D eigenvalue weighted by molar-refractivity contribution is 0.101. The maximum Gasteiger partial charge on any atom is 0.240 e. The summed E-state index contributed by atoms with van der Waals surface area (Å²) >= 11 is 0. The van der Waals surface area contributed by atoms with Crippen molar-refractivity contribution in [1.29, 1.82) is 0 Å². The standard InChI is InChI=1S/C18H21NO5S/c1-13(20)14-7-9-17(10-8-14)25(21,22)19-12-18(24-3)15-5-4-6-16(11-15)23-2/h4-11,18-19H,12H2,1-3H3. The van der Waals surface area contributed by atoms with Crippen molar-refractivity contribution in [1.82, 2.24) is 4.72 Å². The number of nitrogens with one attached hydrogen (secondary N) is 1. The average molecular weight is 363 g/mol. The molecule has 0 aliphatic heterocycles. The van der Waals surface area contributed by atoms with Crippen LogP contribution in [0, 0.1) is 0 Å². The molecule has 0 saturated heterocycles. The number of ketones is 1. The van der Waals surface area contributed by atoms with E-state index in [0.29, 0.717) is 11.3 Å². The van der Waals surface area contributed by atoms with Crippen LogP contribution >= 0.6 is 0 Å². The lowest BCUT2D eigenvalue weighted by Gasteiger charge is -2.17. The molecule has 0 heterocycles. The third-order valence-electron chi connectivity index (χ3n) is 3.78. The van der Waals surface area contributed by atoms with Crippen LogP contribution in [0.3, 0.4) is 0 Å². The molecule has 0 aromatic heterocycles. The fourth-order valence-electron chi connectivity index (χ4n) is 2.32. The number of ether oxygens (including phenoxy) is 2. The minimum atomic E-state index is -3.70. The van der Waals surface area contributed by atoms with E-state index in [4.69, 9.17) is 9.47 Å². The fraction of sp³-hybridized carbons (Fsp3) is 0.278. The predicted octanol–water partition coefficient (Wildman–Crippen LogP) is 2.56. The molecule has 2 aromatic carbocycles. The molecular weight excluding hydrogens is 342 g/mol. The number of hydrogen-bond acceptors (Lipinski definition) is 5. The predicted molar refractivity (Wildman–Crippen MR) is 94.4 cm³/mol. The molecule has 0 radical (unpaired) electrons. The summed E-state index contributed by atoms with van der Waals surface area (Å²) < 4.78 is 37.9. The average Bonchev–Trinajstić information content (AvgIpc) is 2.62. The van der Waals surface area contributed by atoms with E-state index >= 15 is 0 Å². The number of methoxy groups -OCH3 is 2. The normalized spacial score (nSPS) is 12.6. The number of benzene rings is 2. The van der Waals surface area contributed by atoms with Crippen molar-refractivity contribution in [3.05, 3.63) is 59.7 Å². The van der Waals surface area contributed by atoms with E-state index in [2.05, 4.69) is 4.72 Å². The molecule has 6 nitrogen and oxygen atoms in total. The minimum Gasteiger partial charge on any atom is -0.497 e. The van der Waals surface area contributed by atoms with Gasteiger partial charge >= 0.3 is 0 Å². The van der Waals surface area contributed by atoms with Crippen molar-refractivity contribution in [3.63, 3.8) is 0 Å². The van der Waals surface area contributed by atoms with Crippen molar-refractivity contribution < 1.29 is 22.7 Å². The second-order valence-electron chi connectivity index (χ2n) is 5.43. The third kappa shape index (κ3) is 4.88. The number of sulfonamides is 1. The summed E-state index contributed by atoms with van der Waals surface area (Å²) in [6.45, 7) is 1.50. The summed E-state index contributed by atoms with van der Waals surface area (Å²) in [7, 11) is -0.626. The first-order valence-electron chi connectivity index (χ1n) is 7.65. The van der Waals surface area contributed by atoms with Crippen LogP contribution in [-0.4, -0.2) is 35.0 Å². The van der Waals surface area contributed by atoms with E-state index in [0.717, 1.165) is 5.56 Å². The Bertz CT molecular complexity index is 831. The highest BCUT2D eigenvalue weighted by Crippen LogP contribution is 2.21. The van der Waals surface area contributed by atoms with Gasteiger partial charge in [0, 0.05) is 19.2 Å². The molecule has 0 fully saturated rings. The smallest absolute Gasteiger partial charge is 0.240 e. The van der Waals surface area contributed by atoms with Gasteiger partial charge in [-0.15, -0.1) is 0 Å². The molecule has 2 rings (SSSR count). The maximum absolute atomic E-state index is 12.4. The van der Waals surface area contributed by atoms with Gasteiger partial charge in [-0.05, 0) is 36.8 Å². The lowest BCUT2D eigenvalue weighted by Crippen LogP contribution is -2.29. The van der Waals surface area contributed by atoms with Gasteiger partial charge in [0.25, 0.3) is 0 Å². The summed E-state index contributed by atoms with van der Waals surface area (Å²) in [5.74, 6) is 0.552. The van der Waals surface area contributed by atoms with Gasteiger partial charge in [-0.25, -0.2) is 13.1 Å². The molecule has 0 aliphatic rings. The van der Waals surface area contributed by atoms with Crippen LogP contribution in [0.5, 0.6) is 5.75 Å². The molecule has 1 unspecified atom stereocenters. The van der Waals surface area contributed by atoms with Gasteiger partial charge in [-0.1, -0.05) is 24.3 Å². The van der Waals surface area contributed by atoms with Crippen LogP contribution in [0.4, 0.5) is 0 Å². The van der Waals surface area contributed by atoms with Crippen LogP contribution in [0.2, 0.25) is 0 Å². The van der Waals surface area contributed by atoms with Gasteiger partial charge in [0.05, 0.1) is 18.1 Å². The summed E-state index contributed by atoms with van der Waals surface area (Å²) in [6, 6.07) is 13.1. The Kier molecular flexibility index (Phi) is 6.30. The molecule has 2 aromatic rings. The zero-order valence-corrected chi connectivity index (χ0v) is 15.2. The second-order valence-corrected chi connectivity index (χ2v) is 7.20. The van der Waals surface area contributed by atoms with Crippen LogP contribution in [0.1, 0.15) is 28.9 Å². The third-order valence-corrected chi connectivity index (χ3v) is 5.22. The topological polar surface area (TPSA) is 81.7 Å². The van der Waals surface area contributed by atoms with Crippen molar-refractivity contribution >= 4 is 15.8 Å². The first kappa shape index (κ1) is 19.1. The zero-order chi connectivity index (χ0) is 18.4. The molecule has 7 heteroatoms. The quantitative estimate of drug-likeness (QED) is 0.729. The van der Waals surface area contributed by atoms with E-state index in [1.807, 2.05) is 12.1 Å². The Morgan fingerprint density at radius 2 is 1.80 bits per heavy atom. The molecule has 0 aliphatic carbocycles. The molecule has 0 bridgehead atoms. The summed E-state index contributed by atoms with van der Waals surface area (Å²) in [5.41, 5.74) is 1.27. The summed E-state index contributed by atoms with van der Waals surface area (Å²) in [6.07, 6.45) is -0.457. The molecule has 25 heavy (non-hydrogen) atoms. The molecule has 134 valence electrons. The fourth-order valence-corrected chi connectivity index (χ4v) is 3.35. The Balaban J connectivity index is 2.12. The van der Waals surface area contributed by atoms with Gasteiger partial charge in [-0.3, -0.25) is 4.79 Å². The zero-order valence-electron chi connectivity index (χ0n) is 14.4. The largest absolute Gasteiger partial charge is 0.497 e. The first-order chi connectivity index (χ1) is 11.9. The Morgan fingerprint density at radius 1 is 1.12 bits per heavy atom. The molecule has 0 amide bonds. The van der Waals surface area contributed by atoms with E-state index in [9.17, 15) is 13.2 Å². The van der Waals surface area contributed by atoms with Crippen LogP contribution in [0.25, 0.3) is 0 Å². The summed E-state index contributed by atoms with van der Waals surface area (Å²) in [4.78, 5) is 11.4. The lowest BCUT2D eigenvalue weighted by atomic mass is 10.1. The molecular formula is C18H21NO5S. The molecule has 0 saturated carbocycles. The highest BCUT2D eigenvalue weighted by molar-refractivity contribution is 7.89. The molecule has 1 N–H and O–H groups in total. The van der Waals surface area contributed by atoms with Crippen molar-refractivity contribution in [3.8, 4) is 5.75 Å². The van der Waals surface area contributed by atoms with Crippen molar-refractivity contribution in [2.24, 2.45) is 0 Å². The second kappa shape index (κ2) is 8.24. The number of Topliss-reactive ketones (excluding diaryl/α,β-unsaturated/α-hetero) is 1.